The number of hydrogen-bond acceptors (Lipinski definition) is 0. The maximum absolute atomic E-state index is 2.00. The number of rotatable bonds is 0. The largest absolute Gasteiger partial charge is 0.358 e. The third kappa shape index (κ3) is 40.9. The zero-order valence-electron chi connectivity index (χ0n) is 3.58. The molecule has 33 valence electrons. The van der Waals surface area contributed by atoms with Gasteiger partial charge in [-0.2, -0.15) is 0 Å². The summed E-state index contributed by atoms with van der Waals surface area (Å²) in [4.78, 5) is 0. The summed E-state index contributed by atoms with van der Waals surface area (Å²) < 4.78 is 0. The van der Waals surface area contributed by atoms with Crippen molar-refractivity contribution < 1.29 is 32.3 Å². The van der Waals surface area contributed by atoms with E-state index in [0.717, 1.165) is 0 Å². The molecule has 0 aromatic heterocycles. The van der Waals surface area contributed by atoms with Gasteiger partial charge in [-0.3, -0.25) is 0 Å². The predicted molar refractivity (Wildman–Crippen MR) is 24.5 cm³/mol. The zero-order valence-corrected chi connectivity index (χ0v) is 8.39. The van der Waals surface area contributed by atoms with Crippen molar-refractivity contribution in [2.45, 2.75) is 21.3 Å². The monoisotopic (exact) mass is 292 g/mol. The molecule has 0 unspecified atom stereocenters. The molecule has 0 atom stereocenters. The molecule has 0 rings (SSSR count). The molecule has 0 aromatic carbocycles. The molecular weight excluding hydrogens is 279 g/mol. The van der Waals surface area contributed by atoms with Crippen LogP contribution in [0.3, 0.4) is 0 Å². The van der Waals surface area contributed by atoms with Crippen LogP contribution in [0.2, 0.25) is 0 Å². The van der Waals surface area contributed by atoms with Gasteiger partial charge in [-0.1, -0.05) is 21.3 Å². The summed E-state index contributed by atoms with van der Waals surface area (Å²) in [6.45, 7) is 4.00. The molecule has 1 heteroatoms. The fraction of sp³-hybridized carbons (Fsp3) is 0.750. The van der Waals surface area contributed by atoms with Crippen molar-refractivity contribution >= 4 is 0 Å². The Hall–Kier alpha value is 1.09. The minimum absolute atomic E-state index is 0. The predicted octanol–water partition coefficient (Wildman–Crippen LogP) is 2.11. The van der Waals surface area contributed by atoms with Gasteiger partial charge in [0.1, 0.15) is 0 Å². The Kier molecular flexibility index (Phi) is 517. The molecule has 0 nitrogen and oxygen atoms in total. The summed E-state index contributed by atoms with van der Waals surface area (Å²) in [6, 6.07) is 0. The molecule has 0 aromatic rings. The molecule has 0 amide bonds. The Labute approximate surface area is 60.9 Å². The standard InChI is InChI=1S/C2H6.CH4.CH3.Pa/c1-2;;;/h1-2H3;1H4;1H3;/q;;-1;. The zero-order chi connectivity index (χ0) is 2.00. The van der Waals surface area contributed by atoms with E-state index >= 15 is 0 Å². The molecule has 0 aliphatic carbocycles. The third-order valence-corrected chi connectivity index (χ3v) is 0. The first kappa shape index (κ1) is 36.1. The van der Waals surface area contributed by atoms with Crippen molar-refractivity contribution in [3.63, 3.8) is 0 Å². The first-order chi connectivity index (χ1) is 1.00. The van der Waals surface area contributed by atoms with Gasteiger partial charge in [0.25, 0.3) is 0 Å². The Morgan fingerprint density at radius 2 is 1.00 bits per heavy atom. The molecule has 0 spiro atoms. The minimum atomic E-state index is 0. The summed E-state index contributed by atoms with van der Waals surface area (Å²) in [5, 5.41) is 0. The van der Waals surface area contributed by atoms with Gasteiger partial charge < -0.3 is 7.43 Å². The first-order valence-corrected chi connectivity index (χ1v) is 1.00. The van der Waals surface area contributed by atoms with Gasteiger partial charge in [-0.25, -0.2) is 0 Å². The van der Waals surface area contributed by atoms with Gasteiger partial charge in [0.2, 0.25) is 0 Å². The molecular formula is C4H13Pa-. The van der Waals surface area contributed by atoms with Crippen LogP contribution in [0, 0.1) is 39.7 Å². The molecule has 0 fully saturated rings. The van der Waals surface area contributed by atoms with E-state index in [1.54, 1.807) is 0 Å². The van der Waals surface area contributed by atoms with Gasteiger partial charge in [0.15, 0.2) is 0 Å². The maximum Gasteiger partial charge on any atom is 0 e. The average Bonchev–Trinajstić information content (AvgIpc) is 1.00. The van der Waals surface area contributed by atoms with Crippen molar-refractivity contribution in [2.75, 3.05) is 0 Å². The summed E-state index contributed by atoms with van der Waals surface area (Å²) in [6.07, 6.45) is 0. The third-order valence-electron chi connectivity index (χ3n) is 0. The normalized spacial score (nSPS) is 1.20. The smallest absolute Gasteiger partial charge is 0 e. The molecule has 0 saturated heterocycles. The Morgan fingerprint density at radius 1 is 1.00 bits per heavy atom. The molecule has 5 heavy (non-hydrogen) atoms. The second-order valence-electron chi connectivity index (χ2n) is 0. The van der Waals surface area contributed by atoms with E-state index in [2.05, 4.69) is 0 Å². The quantitative estimate of drug-likeness (QED) is 0.600. The SMILES string of the molecule is C.CC.[CH3-].[Pa]. The van der Waals surface area contributed by atoms with Crippen LogP contribution in [0.1, 0.15) is 21.3 Å². The van der Waals surface area contributed by atoms with Crippen molar-refractivity contribution in [3.05, 3.63) is 7.43 Å². The van der Waals surface area contributed by atoms with Gasteiger partial charge in [-0.15, -0.1) is 0 Å². The Balaban J connectivity index is -0.00000000167. The molecule has 0 heterocycles. The first-order valence-electron chi connectivity index (χ1n) is 1.00. The van der Waals surface area contributed by atoms with Crippen LogP contribution in [0.15, 0.2) is 0 Å². The molecule has 0 aliphatic heterocycles. The topological polar surface area (TPSA) is 0 Å². The van der Waals surface area contributed by atoms with Crippen molar-refractivity contribution in [3.8, 4) is 0 Å². The van der Waals surface area contributed by atoms with Crippen molar-refractivity contribution in [1.29, 1.82) is 0 Å². The van der Waals surface area contributed by atoms with Crippen LogP contribution in [-0.2, 0) is 0 Å². The fourth-order valence-electron chi connectivity index (χ4n) is 0. The van der Waals surface area contributed by atoms with Gasteiger partial charge >= 0.3 is 0 Å². The molecule has 1 radical (unpaired) electrons. The summed E-state index contributed by atoms with van der Waals surface area (Å²) in [5.74, 6) is 0. The van der Waals surface area contributed by atoms with Gasteiger partial charge in [-0.05, 0) is 0 Å². The Bertz CT molecular complexity index is 3.61. The summed E-state index contributed by atoms with van der Waals surface area (Å²) in [5.41, 5.74) is 0. The average molecular weight is 292 g/mol. The minimum Gasteiger partial charge on any atom is -0.358 e. The molecule has 0 bridgehead atoms. The van der Waals surface area contributed by atoms with Crippen LogP contribution in [0.4, 0.5) is 0 Å². The van der Waals surface area contributed by atoms with Gasteiger partial charge in [0, 0.05) is 32.3 Å². The maximum atomic E-state index is 2.00. The van der Waals surface area contributed by atoms with Crippen LogP contribution < -0.4 is 0 Å². The van der Waals surface area contributed by atoms with Crippen molar-refractivity contribution in [2.24, 2.45) is 0 Å². The summed E-state index contributed by atoms with van der Waals surface area (Å²) in [7, 11) is 0. The Morgan fingerprint density at radius 3 is 1.00 bits per heavy atom. The van der Waals surface area contributed by atoms with Gasteiger partial charge in [0.05, 0.1) is 0 Å². The van der Waals surface area contributed by atoms with E-state index in [-0.39, 0.29) is 47.2 Å². The molecule has 0 saturated carbocycles. The van der Waals surface area contributed by atoms with Crippen molar-refractivity contribution in [1.82, 2.24) is 0 Å². The van der Waals surface area contributed by atoms with Crippen LogP contribution in [-0.4, -0.2) is 0 Å². The fourth-order valence-corrected chi connectivity index (χ4v) is 0. The van der Waals surface area contributed by atoms with E-state index in [9.17, 15) is 0 Å². The van der Waals surface area contributed by atoms with E-state index in [4.69, 9.17) is 0 Å². The van der Waals surface area contributed by atoms with Crippen LogP contribution >= 0.6 is 0 Å². The van der Waals surface area contributed by atoms with E-state index in [1.807, 2.05) is 13.8 Å². The number of hydrogen-bond donors (Lipinski definition) is 0. The molecule has 0 N–H and O–H groups in total. The van der Waals surface area contributed by atoms with E-state index < -0.39 is 0 Å². The molecule has 0 aliphatic rings. The van der Waals surface area contributed by atoms with E-state index in [0.29, 0.717) is 0 Å². The van der Waals surface area contributed by atoms with Crippen LogP contribution in [0.5, 0.6) is 0 Å². The van der Waals surface area contributed by atoms with Crippen LogP contribution in [0.25, 0.3) is 0 Å². The summed E-state index contributed by atoms with van der Waals surface area (Å²) >= 11 is 0. The van der Waals surface area contributed by atoms with E-state index in [1.165, 1.54) is 0 Å². The second-order valence-corrected chi connectivity index (χ2v) is 0. The second kappa shape index (κ2) is 71.6.